The molecule has 1 rings (SSSR count). The van der Waals surface area contributed by atoms with Gasteiger partial charge in [-0.05, 0) is 25.7 Å². The summed E-state index contributed by atoms with van der Waals surface area (Å²) in [4.78, 5) is 9.24. The van der Waals surface area contributed by atoms with Crippen LogP contribution in [-0.4, -0.2) is 29.3 Å². The van der Waals surface area contributed by atoms with Crippen LogP contribution in [0.1, 0.15) is 44.9 Å². The number of hydrogen-bond acceptors (Lipinski definition) is 4. The van der Waals surface area contributed by atoms with E-state index in [1.54, 1.807) is 0 Å². The summed E-state index contributed by atoms with van der Waals surface area (Å²) in [5.41, 5.74) is 0. The fourth-order valence-corrected chi connectivity index (χ4v) is 2.49. The van der Waals surface area contributed by atoms with Crippen molar-refractivity contribution in [3.63, 3.8) is 0 Å². The Morgan fingerprint density at radius 2 is 1.50 bits per heavy atom. The van der Waals surface area contributed by atoms with Gasteiger partial charge in [0.1, 0.15) is 0 Å². The topological polar surface area (TPSA) is 76.0 Å². The number of aliphatic hydroxyl groups is 1. The molecule has 0 spiro atoms. The molecule has 2 atom stereocenters. The molecule has 1 heterocycles. The van der Waals surface area contributed by atoms with Crippen molar-refractivity contribution in [2.24, 2.45) is 0 Å². The van der Waals surface area contributed by atoms with Gasteiger partial charge >= 0.3 is 7.82 Å². The van der Waals surface area contributed by atoms with E-state index in [1.165, 1.54) is 0 Å². The molecule has 0 aromatic heterocycles. The van der Waals surface area contributed by atoms with Crippen molar-refractivity contribution in [2.45, 2.75) is 51.0 Å². The Bertz CT molecular complexity index is 233. The van der Waals surface area contributed by atoms with E-state index in [0.717, 1.165) is 32.1 Å². The normalized spacial score (nSPS) is 35.8. The fraction of sp³-hybridized carbons (Fsp3) is 1.00. The summed E-state index contributed by atoms with van der Waals surface area (Å²) in [7, 11) is -3.85. The third kappa shape index (κ3) is 6.61. The zero-order valence-corrected chi connectivity index (χ0v) is 10.4. The summed E-state index contributed by atoms with van der Waals surface area (Å²) in [5, 5.41) is 9.58. The van der Waals surface area contributed by atoms with Crippen LogP contribution < -0.4 is 0 Å². The minimum atomic E-state index is -3.85. The predicted octanol–water partition coefficient (Wildman–Crippen LogP) is 2.23. The van der Waals surface area contributed by atoms with E-state index in [0.29, 0.717) is 12.8 Å². The molecular weight excluding hydrogens is 231 g/mol. The first-order chi connectivity index (χ1) is 7.60. The van der Waals surface area contributed by atoms with E-state index in [-0.39, 0.29) is 19.3 Å². The molecule has 2 N–H and O–H groups in total. The van der Waals surface area contributed by atoms with Gasteiger partial charge in [0.2, 0.25) is 0 Å². The highest BCUT2D eigenvalue weighted by Gasteiger charge is 2.20. The van der Waals surface area contributed by atoms with Gasteiger partial charge in [-0.2, -0.15) is 0 Å². The maximum absolute atomic E-state index is 11.3. The predicted molar refractivity (Wildman–Crippen MR) is 60.1 cm³/mol. The molecule has 1 saturated heterocycles. The van der Waals surface area contributed by atoms with E-state index >= 15 is 0 Å². The van der Waals surface area contributed by atoms with Gasteiger partial charge in [-0.25, -0.2) is 4.57 Å². The molecule has 0 saturated carbocycles. The molecule has 1 fully saturated rings. The van der Waals surface area contributed by atoms with Crippen LogP contribution in [0.2, 0.25) is 0 Å². The van der Waals surface area contributed by atoms with Crippen LogP contribution in [0.25, 0.3) is 0 Å². The Balaban J connectivity index is 2.35. The Morgan fingerprint density at radius 1 is 0.938 bits per heavy atom. The van der Waals surface area contributed by atoms with Crippen LogP contribution in [0.15, 0.2) is 0 Å². The Morgan fingerprint density at radius 3 is 2.25 bits per heavy atom. The second-order valence-corrected chi connectivity index (χ2v) is 5.59. The second kappa shape index (κ2) is 7.41. The maximum Gasteiger partial charge on any atom is 0.472 e. The molecule has 1 aliphatic heterocycles. The molecule has 96 valence electrons. The molecule has 5 nitrogen and oxygen atoms in total. The van der Waals surface area contributed by atoms with Crippen molar-refractivity contribution in [1.82, 2.24) is 0 Å². The first-order valence-corrected chi connectivity index (χ1v) is 7.40. The molecule has 6 heteroatoms. The average Bonchev–Trinajstić information content (AvgIpc) is 2.23. The van der Waals surface area contributed by atoms with Crippen LogP contribution in [0.5, 0.6) is 0 Å². The molecule has 16 heavy (non-hydrogen) atoms. The highest BCUT2D eigenvalue weighted by atomic mass is 31.2. The van der Waals surface area contributed by atoms with Crippen LogP contribution in [0, 0.1) is 0 Å². The summed E-state index contributed by atoms with van der Waals surface area (Å²) in [5.74, 6) is 0. The molecule has 2 unspecified atom stereocenters. The number of phosphoric acid groups is 1. The van der Waals surface area contributed by atoms with Gasteiger partial charge in [-0.1, -0.05) is 19.3 Å². The van der Waals surface area contributed by atoms with Crippen molar-refractivity contribution in [3.8, 4) is 0 Å². The van der Waals surface area contributed by atoms with Gasteiger partial charge in [0.25, 0.3) is 0 Å². The van der Waals surface area contributed by atoms with Gasteiger partial charge in [0.15, 0.2) is 0 Å². The Kier molecular flexibility index (Phi) is 6.54. The highest BCUT2D eigenvalue weighted by Crippen LogP contribution is 2.43. The molecule has 0 radical (unpaired) electrons. The monoisotopic (exact) mass is 252 g/mol. The summed E-state index contributed by atoms with van der Waals surface area (Å²) in [6.45, 7) is 0.418. The standard InChI is InChI=1S/C10H21O5P/c11-10-6-3-1-2-4-8-14-16(12,13)15-9-5-7-10/h10-11H,1-9H2,(H,12,13). The first-order valence-electron chi connectivity index (χ1n) is 5.90. The zero-order valence-electron chi connectivity index (χ0n) is 9.51. The van der Waals surface area contributed by atoms with Gasteiger partial charge in [-0.3, -0.25) is 9.05 Å². The summed E-state index contributed by atoms with van der Waals surface area (Å²) in [6, 6.07) is 0. The quantitative estimate of drug-likeness (QED) is 0.646. The molecule has 0 aromatic rings. The number of phosphoric ester groups is 1. The molecule has 1 aliphatic rings. The first kappa shape index (κ1) is 14.1. The smallest absolute Gasteiger partial charge is 0.393 e. The Labute approximate surface area is 96.4 Å². The van der Waals surface area contributed by atoms with Crippen LogP contribution >= 0.6 is 7.82 Å². The van der Waals surface area contributed by atoms with Crippen LogP contribution in [0.4, 0.5) is 0 Å². The van der Waals surface area contributed by atoms with E-state index in [2.05, 4.69) is 0 Å². The van der Waals surface area contributed by atoms with E-state index in [1.807, 2.05) is 0 Å². The minimum Gasteiger partial charge on any atom is -0.393 e. The lowest BCUT2D eigenvalue weighted by molar-refractivity contribution is 0.124. The minimum absolute atomic E-state index is 0.158. The van der Waals surface area contributed by atoms with Crippen molar-refractivity contribution in [1.29, 1.82) is 0 Å². The van der Waals surface area contributed by atoms with Crippen LogP contribution in [-0.2, 0) is 13.6 Å². The largest absolute Gasteiger partial charge is 0.472 e. The van der Waals surface area contributed by atoms with Gasteiger partial charge in [0, 0.05) is 0 Å². The molecular formula is C10H21O5P. The van der Waals surface area contributed by atoms with Crippen molar-refractivity contribution >= 4 is 7.82 Å². The SMILES string of the molecule is O=P1(O)OCCCCCCC(O)CCCO1. The lowest BCUT2D eigenvalue weighted by Crippen LogP contribution is -2.07. The van der Waals surface area contributed by atoms with Crippen molar-refractivity contribution in [3.05, 3.63) is 0 Å². The zero-order chi connectivity index (χ0) is 11.9. The highest BCUT2D eigenvalue weighted by molar-refractivity contribution is 7.47. The third-order valence-corrected chi connectivity index (χ3v) is 3.64. The lowest BCUT2D eigenvalue weighted by atomic mass is 10.1. The van der Waals surface area contributed by atoms with E-state index in [4.69, 9.17) is 9.05 Å². The van der Waals surface area contributed by atoms with Crippen LogP contribution in [0.3, 0.4) is 0 Å². The lowest BCUT2D eigenvalue weighted by Gasteiger charge is -2.12. The summed E-state index contributed by atoms with van der Waals surface area (Å²) >= 11 is 0. The summed E-state index contributed by atoms with van der Waals surface area (Å²) in [6.07, 6.45) is 5.41. The molecule has 0 amide bonds. The molecule has 0 bridgehead atoms. The maximum atomic E-state index is 11.3. The average molecular weight is 252 g/mol. The molecule has 0 aromatic carbocycles. The van der Waals surface area contributed by atoms with Gasteiger partial charge in [-0.15, -0.1) is 0 Å². The number of rotatable bonds is 0. The van der Waals surface area contributed by atoms with E-state index < -0.39 is 7.82 Å². The molecule has 0 aliphatic carbocycles. The third-order valence-electron chi connectivity index (χ3n) is 2.62. The van der Waals surface area contributed by atoms with Crippen molar-refractivity contribution in [2.75, 3.05) is 13.2 Å². The number of hydrogen-bond donors (Lipinski definition) is 2. The van der Waals surface area contributed by atoms with E-state index in [9.17, 15) is 14.6 Å². The van der Waals surface area contributed by atoms with Gasteiger partial charge in [0.05, 0.1) is 19.3 Å². The summed E-state index contributed by atoms with van der Waals surface area (Å²) < 4.78 is 20.9. The second-order valence-electron chi connectivity index (χ2n) is 4.13. The Hall–Kier alpha value is 0.0700. The fourth-order valence-electron chi connectivity index (χ4n) is 1.70. The van der Waals surface area contributed by atoms with Crippen molar-refractivity contribution < 1.29 is 23.6 Å². The number of aliphatic hydroxyl groups excluding tert-OH is 1. The van der Waals surface area contributed by atoms with Gasteiger partial charge < -0.3 is 10.00 Å².